The van der Waals surface area contributed by atoms with Gasteiger partial charge < -0.3 is 0 Å². The summed E-state index contributed by atoms with van der Waals surface area (Å²) < 4.78 is 0. The Morgan fingerprint density at radius 1 is 0.833 bits per heavy atom. The van der Waals surface area contributed by atoms with Crippen molar-refractivity contribution in [2.24, 2.45) is 0 Å². The highest BCUT2D eigenvalue weighted by Gasteiger charge is 2.39. The first-order valence-electron chi connectivity index (χ1n) is 8.60. The zero-order valence-electron chi connectivity index (χ0n) is 12.7. The van der Waals surface area contributed by atoms with Gasteiger partial charge in [0.1, 0.15) is 0 Å². The van der Waals surface area contributed by atoms with Crippen LogP contribution in [-0.4, -0.2) is 23.0 Å². The summed E-state index contributed by atoms with van der Waals surface area (Å²) in [4.78, 5) is 2.87. The minimum Gasteiger partial charge on any atom is -0.295 e. The largest absolute Gasteiger partial charge is 0.295 e. The van der Waals surface area contributed by atoms with E-state index in [0.717, 1.165) is 18.1 Å². The standard InChI is InChI=1S/C17H33N/c1-3-4-5-6-7-8-9-10-16-13-14-17-12-11-15(2)18(16)17/h15-17H,3-14H2,1-2H3. The molecule has 2 heterocycles. The number of unbranched alkanes of at least 4 members (excludes halogenated alkanes) is 6. The first-order chi connectivity index (χ1) is 8.83. The molecule has 0 aromatic rings. The lowest BCUT2D eigenvalue weighted by Crippen LogP contribution is -2.36. The van der Waals surface area contributed by atoms with Gasteiger partial charge in [-0.05, 0) is 39.0 Å². The summed E-state index contributed by atoms with van der Waals surface area (Å²) in [5.74, 6) is 0. The van der Waals surface area contributed by atoms with Crippen LogP contribution in [0.2, 0.25) is 0 Å². The van der Waals surface area contributed by atoms with Crippen LogP contribution >= 0.6 is 0 Å². The van der Waals surface area contributed by atoms with Crippen LogP contribution in [0.15, 0.2) is 0 Å². The molecule has 2 saturated heterocycles. The Morgan fingerprint density at radius 3 is 2.28 bits per heavy atom. The fourth-order valence-electron chi connectivity index (χ4n) is 4.21. The van der Waals surface area contributed by atoms with Crippen molar-refractivity contribution in [2.75, 3.05) is 0 Å². The van der Waals surface area contributed by atoms with Crippen LogP contribution in [0.5, 0.6) is 0 Å². The SMILES string of the molecule is CCCCCCCCCC1CCC2CCC(C)N12. The number of hydrogen-bond acceptors (Lipinski definition) is 1. The van der Waals surface area contributed by atoms with Crippen LogP contribution < -0.4 is 0 Å². The van der Waals surface area contributed by atoms with Gasteiger partial charge in [-0.25, -0.2) is 0 Å². The highest BCUT2D eigenvalue weighted by atomic mass is 15.3. The second kappa shape index (κ2) is 7.53. The molecule has 0 bridgehead atoms. The normalized spacial score (nSPS) is 32.0. The van der Waals surface area contributed by atoms with Gasteiger partial charge in [-0.1, -0.05) is 51.9 Å². The van der Waals surface area contributed by atoms with Crippen molar-refractivity contribution in [3.63, 3.8) is 0 Å². The quantitative estimate of drug-likeness (QED) is 0.540. The number of fused-ring (bicyclic) bond motifs is 1. The molecule has 1 heteroatoms. The van der Waals surface area contributed by atoms with Crippen molar-refractivity contribution in [3.8, 4) is 0 Å². The summed E-state index contributed by atoms with van der Waals surface area (Å²) in [6.07, 6.45) is 17.6. The molecule has 0 aliphatic carbocycles. The molecule has 3 unspecified atom stereocenters. The lowest BCUT2D eigenvalue weighted by molar-refractivity contribution is 0.180. The monoisotopic (exact) mass is 251 g/mol. The van der Waals surface area contributed by atoms with Gasteiger partial charge in [0.05, 0.1) is 0 Å². The molecule has 106 valence electrons. The average Bonchev–Trinajstić information content (AvgIpc) is 2.93. The Labute approximate surface area is 114 Å². The zero-order valence-corrected chi connectivity index (χ0v) is 12.7. The van der Waals surface area contributed by atoms with Crippen LogP contribution in [0, 0.1) is 0 Å². The van der Waals surface area contributed by atoms with Crippen molar-refractivity contribution in [1.82, 2.24) is 4.90 Å². The molecule has 0 amide bonds. The topological polar surface area (TPSA) is 3.24 Å². The molecule has 0 spiro atoms. The molecule has 2 aliphatic heterocycles. The first-order valence-corrected chi connectivity index (χ1v) is 8.60. The summed E-state index contributed by atoms with van der Waals surface area (Å²) in [6, 6.07) is 2.80. The molecule has 0 aromatic carbocycles. The second-order valence-electron chi connectivity index (χ2n) is 6.67. The molecule has 1 nitrogen and oxygen atoms in total. The molecule has 2 rings (SSSR count). The minimum absolute atomic E-state index is 0.882. The maximum atomic E-state index is 2.87. The van der Waals surface area contributed by atoms with Crippen LogP contribution in [0.4, 0.5) is 0 Å². The molecule has 0 saturated carbocycles. The van der Waals surface area contributed by atoms with E-state index in [1.54, 1.807) is 0 Å². The van der Waals surface area contributed by atoms with Gasteiger partial charge in [0, 0.05) is 18.1 Å². The lowest BCUT2D eigenvalue weighted by atomic mass is 10.0. The predicted octanol–water partition coefficient (Wildman–Crippen LogP) is 5.14. The van der Waals surface area contributed by atoms with Gasteiger partial charge in [0.15, 0.2) is 0 Å². The Bertz CT molecular complexity index is 226. The van der Waals surface area contributed by atoms with E-state index in [4.69, 9.17) is 0 Å². The molecular formula is C17H33N. The maximum absolute atomic E-state index is 2.87. The van der Waals surface area contributed by atoms with E-state index >= 15 is 0 Å². The predicted molar refractivity (Wildman–Crippen MR) is 80.0 cm³/mol. The molecule has 0 aromatic heterocycles. The number of rotatable bonds is 8. The average molecular weight is 251 g/mol. The van der Waals surface area contributed by atoms with Crippen LogP contribution in [0.1, 0.15) is 90.9 Å². The maximum Gasteiger partial charge on any atom is 0.0102 e. The lowest BCUT2D eigenvalue weighted by Gasteiger charge is -2.28. The van der Waals surface area contributed by atoms with Crippen molar-refractivity contribution in [1.29, 1.82) is 0 Å². The van der Waals surface area contributed by atoms with Crippen LogP contribution in [-0.2, 0) is 0 Å². The Kier molecular flexibility index (Phi) is 6.01. The molecule has 2 aliphatic rings. The molecular weight excluding hydrogens is 218 g/mol. The van der Waals surface area contributed by atoms with Gasteiger partial charge in [-0.2, -0.15) is 0 Å². The van der Waals surface area contributed by atoms with Crippen molar-refractivity contribution in [2.45, 2.75) is 109 Å². The molecule has 3 atom stereocenters. The van der Waals surface area contributed by atoms with E-state index in [0.29, 0.717) is 0 Å². The van der Waals surface area contributed by atoms with Crippen molar-refractivity contribution < 1.29 is 0 Å². The highest BCUT2D eigenvalue weighted by Crippen LogP contribution is 2.38. The summed E-state index contributed by atoms with van der Waals surface area (Å²) in [7, 11) is 0. The summed E-state index contributed by atoms with van der Waals surface area (Å²) >= 11 is 0. The van der Waals surface area contributed by atoms with Gasteiger partial charge in [0.2, 0.25) is 0 Å². The van der Waals surface area contributed by atoms with Crippen molar-refractivity contribution >= 4 is 0 Å². The Morgan fingerprint density at radius 2 is 1.50 bits per heavy atom. The third-order valence-electron chi connectivity index (χ3n) is 5.24. The van der Waals surface area contributed by atoms with Gasteiger partial charge in [-0.15, -0.1) is 0 Å². The summed E-state index contributed by atoms with van der Waals surface area (Å²) in [6.45, 7) is 4.75. The summed E-state index contributed by atoms with van der Waals surface area (Å²) in [5.41, 5.74) is 0. The van der Waals surface area contributed by atoms with E-state index in [9.17, 15) is 0 Å². The highest BCUT2D eigenvalue weighted by molar-refractivity contribution is 4.95. The van der Waals surface area contributed by atoms with E-state index in [1.165, 1.54) is 77.0 Å². The zero-order chi connectivity index (χ0) is 12.8. The molecule has 2 fully saturated rings. The van der Waals surface area contributed by atoms with Crippen LogP contribution in [0.25, 0.3) is 0 Å². The van der Waals surface area contributed by atoms with E-state index in [-0.39, 0.29) is 0 Å². The Balaban J connectivity index is 1.54. The van der Waals surface area contributed by atoms with Gasteiger partial charge >= 0.3 is 0 Å². The van der Waals surface area contributed by atoms with Crippen molar-refractivity contribution in [3.05, 3.63) is 0 Å². The third kappa shape index (κ3) is 3.73. The van der Waals surface area contributed by atoms with E-state index in [1.807, 2.05) is 0 Å². The molecule has 0 N–H and O–H groups in total. The van der Waals surface area contributed by atoms with E-state index < -0.39 is 0 Å². The third-order valence-corrected chi connectivity index (χ3v) is 5.24. The first kappa shape index (κ1) is 14.4. The Hall–Kier alpha value is -0.0400. The van der Waals surface area contributed by atoms with Gasteiger partial charge in [0.25, 0.3) is 0 Å². The van der Waals surface area contributed by atoms with E-state index in [2.05, 4.69) is 18.7 Å². The number of nitrogens with zero attached hydrogens (tertiary/aromatic N) is 1. The fourth-order valence-corrected chi connectivity index (χ4v) is 4.21. The smallest absolute Gasteiger partial charge is 0.0102 e. The molecule has 0 radical (unpaired) electrons. The fraction of sp³-hybridized carbons (Fsp3) is 1.00. The molecule has 18 heavy (non-hydrogen) atoms. The number of hydrogen-bond donors (Lipinski definition) is 0. The second-order valence-corrected chi connectivity index (χ2v) is 6.67. The minimum atomic E-state index is 0.882. The van der Waals surface area contributed by atoms with Gasteiger partial charge in [-0.3, -0.25) is 4.90 Å². The van der Waals surface area contributed by atoms with Crippen LogP contribution in [0.3, 0.4) is 0 Å². The summed E-state index contributed by atoms with van der Waals surface area (Å²) in [5, 5.41) is 0.